The number of nitrogens with zero attached hydrogens (tertiary/aromatic N) is 3. The zero-order valence-electron chi connectivity index (χ0n) is 27.1. The number of rotatable bonds is 12. The van der Waals surface area contributed by atoms with Gasteiger partial charge in [-0.15, -0.1) is 0 Å². The summed E-state index contributed by atoms with van der Waals surface area (Å²) in [5.74, 6) is -8.48. The molecule has 12 nitrogen and oxygen atoms in total. The Morgan fingerprint density at radius 1 is 1.02 bits per heavy atom. The van der Waals surface area contributed by atoms with Gasteiger partial charge < -0.3 is 31.4 Å². The van der Waals surface area contributed by atoms with E-state index < -0.39 is 81.2 Å². The van der Waals surface area contributed by atoms with Crippen LogP contribution in [0.2, 0.25) is 0 Å². The number of carbonyl (C=O) groups excluding carboxylic acids is 3. The zero-order valence-corrected chi connectivity index (χ0v) is 27.1. The molecule has 1 aliphatic rings. The summed E-state index contributed by atoms with van der Waals surface area (Å²) in [4.78, 5) is 43.3. The molecule has 5 aromatic rings. The number of nitrogens with one attached hydrogen (secondary N) is 1. The summed E-state index contributed by atoms with van der Waals surface area (Å²) in [7, 11) is 1.35. The van der Waals surface area contributed by atoms with Crippen LogP contribution < -0.4 is 26.3 Å². The minimum absolute atomic E-state index is 0.0234. The Morgan fingerprint density at radius 2 is 1.73 bits per heavy atom. The third-order valence-corrected chi connectivity index (χ3v) is 8.47. The van der Waals surface area contributed by atoms with Crippen molar-refractivity contribution in [2.24, 2.45) is 11.5 Å². The first-order valence-electron chi connectivity index (χ1n) is 15.5. The number of primary amides is 2. The van der Waals surface area contributed by atoms with Gasteiger partial charge in [0.2, 0.25) is 11.7 Å². The second kappa shape index (κ2) is 13.0. The van der Waals surface area contributed by atoms with E-state index >= 15 is 0 Å². The van der Waals surface area contributed by atoms with Crippen LogP contribution in [0.4, 0.5) is 17.6 Å². The summed E-state index contributed by atoms with van der Waals surface area (Å²) in [6, 6.07) is 9.62. The fourth-order valence-corrected chi connectivity index (χ4v) is 5.67. The van der Waals surface area contributed by atoms with Gasteiger partial charge in [-0.2, -0.15) is 5.10 Å². The molecule has 0 aliphatic heterocycles. The van der Waals surface area contributed by atoms with Crippen molar-refractivity contribution >= 4 is 28.6 Å². The standard InChI is InChI=1S/C35H30F4N6O6/c1-3-51-30-23(32(41)47)14-27(43-29(30)21-12-24(37)25(38)13-22(21)31(40)46)35(49,19-5-4-6-20(36)11-19)16-42-33(48)17-9-18-15-45(34(39)7-8-34)44-28(18)26(10-17)50-2/h4-6,9-15,49H,3,7-8,16H2,1-2H3,(H2,40,46)(H2,41,47)(H,42,48)/t35-/m0/s1. The Balaban J connectivity index is 1.49. The molecule has 0 spiro atoms. The number of ether oxygens (including phenoxy) is 2. The van der Waals surface area contributed by atoms with Crippen molar-refractivity contribution in [2.75, 3.05) is 20.3 Å². The first-order chi connectivity index (χ1) is 24.2. The predicted molar refractivity (Wildman–Crippen MR) is 174 cm³/mol. The van der Waals surface area contributed by atoms with E-state index in [1.165, 1.54) is 42.3 Å². The molecule has 264 valence electrons. The average molecular weight is 707 g/mol. The number of nitrogens with two attached hydrogens (primary N) is 2. The third kappa shape index (κ3) is 6.40. The number of hydrogen-bond acceptors (Lipinski definition) is 8. The molecule has 0 bridgehead atoms. The summed E-state index contributed by atoms with van der Waals surface area (Å²) in [6.45, 7) is 0.731. The molecule has 3 aromatic carbocycles. The van der Waals surface area contributed by atoms with Crippen LogP contribution in [0, 0.1) is 17.5 Å². The maximum absolute atomic E-state index is 14.8. The summed E-state index contributed by atoms with van der Waals surface area (Å²) in [5.41, 5.74) is 6.64. The van der Waals surface area contributed by atoms with Gasteiger partial charge in [0.15, 0.2) is 17.4 Å². The van der Waals surface area contributed by atoms with E-state index in [4.69, 9.17) is 20.9 Å². The monoisotopic (exact) mass is 706 g/mol. The van der Waals surface area contributed by atoms with Crippen LogP contribution in [0.3, 0.4) is 0 Å². The van der Waals surface area contributed by atoms with E-state index in [1.54, 1.807) is 6.92 Å². The fraction of sp³-hybridized carbons (Fsp3) is 0.229. The SMILES string of the molecule is CCOc1c(C(N)=O)cc([C@](O)(CNC(=O)c2cc(OC)c3nn(C4(F)CC4)cc3c2)c2cccc(F)c2)nc1-c1cc(F)c(F)cc1C(N)=O. The molecular weight excluding hydrogens is 676 g/mol. The van der Waals surface area contributed by atoms with Crippen molar-refractivity contribution < 1.29 is 46.5 Å². The molecule has 0 radical (unpaired) electrons. The molecule has 51 heavy (non-hydrogen) atoms. The maximum Gasteiger partial charge on any atom is 0.252 e. The Bertz CT molecular complexity index is 2240. The van der Waals surface area contributed by atoms with Crippen molar-refractivity contribution in [1.29, 1.82) is 0 Å². The molecule has 0 saturated heterocycles. The first-order valence-corrected chi connectivity index (χ1v) is 15.5. The summed E-state index contributed by atoms with van der Waals surface area (Å²) in [6.07, 6.45) is 2.02. The van der Waals surface area contributed by atoms with Gasteiger partial charge in [-0.3, -0.25) is 14.4 Å². The van der Waals surface area contributed by atoms with Crippen molar-refractivity contribution in [1.82, 2.24) is 20.1 Å². The molecule has 1 saturated carbocycles. The molecular formula is C35H30F4N6O6. The number of aliphatic hydroxyl groups is 1. The van der Waals surface area contributed by atoms with Gasteiger partial charge in [0.1, 0.15) is 28.4 Å². The van der Waals surface area contributed by atoms with Gasteiger partial charge in [-0.25, -0.2) is 27.2 Å². The topological polar surface area (TPSA) is 185 Å². The maximum atomic E-state index is 14.8. The quantitative estimate of drug-likeness (QED) is 0.139. The van der Waals surface area contributed by atoms with E-state index in [-0.39, 0.29) is 42.1 Å². The Labute approximate surface area is 287 Å². The minimum Gasteiger partial charge on any atom is -0.494 e. The number of carbonyl (C=O) groups is 3. The molecule has 2 heterocycles. The molecule has 3 amide bonds. The highest BCUT2D eigenvalue weighted by Gasteiger charge is 2.46. The van der Waals surface area contributed by atoms with E-state index in [0.717, 1.165) is 18.2 Å². The van der Waals surface area contributed by atoms with Crippen molar-refractivity contribution in [3.63, 3.8) is 0 Å². The summed E-state index contributed by atoms with van der Waals surface area (Å²) < 4.78 is 70.6. The van der Waals surface area contributed by atoms with E-state index in [2.05, 4.69) is 15.4 Å². The highest BCUT2D eigenvalue weighted by Crippen LogP contribution is 2.45. The van der Waals surface area contributed by atoms with Crippen LogP contribution in [-0.4, -0.2) is 57.9 Å². The van der Waals surface area contributed by atoms with Gasteiger partial charge in [0, 0.05) is 35.6 Å². The van der Waals surface area contributed by atoms with Crippen LogP contribution in [0.25, 0.3) is 22.2 Å². The van der Waals surface area contributed by atoms with Gasteiger partial charge >= 0.3 is 0 Å². The van der Waals surface area contributed by atoms with E-state index in [1.807, 2.05) is 0 Å². The number of methoxy groups -OCH3 is 1. The van der Waals surface area contributed by atoms with Crippen LogP contribution >= 0.6 is 0 Å². The van der Waals surface area contributed by atoms with Gasteiger partial charge in [-0.1, -0.05) is 12.1 Å². The molecule has 0 unspecified atom stereocenters. The van der Waals surface area contributed by atoms with Crippen LogP contribution in [-0.2, 0) is 11.4 Å². The molecule has 16 heteroatoms. The average Bonchev–Trinajstić information content (AvgIpc) is 3.69. The number of amides is 3. The minimum atomic E-state index is -2.46. The lowest BCUT2D eigenvalue weighted by atomic mass is 9.87. The van der Waals surface area contributed by atoms with Gasteiger partial charge in [-0.05, 0) is 55.0 Å². The third-order valence-electron chi connectivity index (χ3n) is 8.47. The summed E-state index contributed by atoms with van der Waals surface area (Å²) in [5, 5.41) is 19.6. The molecule has 2 aromatic heterocycles. The number of fused-ring (bicyclic) bond motifs is 1. The molecule has 1 atom stereocenters. The molecule has 6 rings (SSSR count). The number of hydrogen-bond donors (Lipinski definition) is 4. The van der Waals surface area contributed by atoms with Crippen molar-refractivity contribution in [2.45, 2.75) is 31.2 Å². The van der Waals surface area contributed by atoms with Crippen molar-refractivity contribution in [3.05, 3.63) is 106 Å². The number of halogens is 4. The lowest BCUT2D eigenvalue weighted by Crippen LogP contribution is -2.42. The number of pyridine rings is 1. The highest BCUT2D eigenvalue weighted by molar-refractivity contribution is 6.03. The second-order valence-corrected chi connectivity index (χ2v) is 11.9. The lowest BCUT2D eigenvalue weighted by molar-refractivity contribution is 0.0663. The normalized spacial score (nSPS) is 14.5. The molecule has 1 fully saturated rings. The molecule has 6 N–H and O–H groups in total. The van der Waals surface area contributed by atoms with Gasteiger partial charge in [0.05, 0.1) is 37.1 Å². The first kappa shape index (κ1) is 34.8. The number of benzene rings is 3. The molecule has 1 aliphatic carbocycles. The predicted octanol–water partition coefficient (Wildman–Crippen LogP) is 4.20. The zero-order chi connectivity index (χ0) is 36.8. The Morgan fingerprint density at radius 3 is 2.35 bits per heavy atom. The smallest absolute Gasteiger partial charge is 0.252 e. The van der Waals surface area contributed by atoms with E-state index in [0.29, 0.717) is 23.0 Å². The fourth-order valence-electron chi connectivity index (χ4n) is 5.67. The lowest BCUT2D eigenvalue weighted by Gasteiger charge is -2.30. The van der Waals surface area contributed by atoms with Crippen molar-refractivity contribution in [3.8, 4) is 22.8 Å². The highest BCUT2D eigenvalue weighted by atomic mass is 19.2. The second-order valence-electron chi connectivity index (χ2n) is 11.9. The largest absolute Gasteiger partial charge is 0.494 e. The Kier molecular flexibility index (Phi) is 8.89. The Hall–Kier alpha value is -6.03. The number of alkyl halides is 1. The van der Waals surface area contributed by atoms with Crippen LogP contribution in [0.1, 0.15) is 62.1 Å². The van der Waals surface area contributed by atoms with Crippen LogP contribution in [0.15, 0.2) is 60.8 Å². The summed E-state index contributed by atoms with van der Waals surface area (Å²) >= 11 is 0. The number of aromatic nitrogens is 3. The van der Waals surface area contributed by atoms with E-state index in [9.17, 15) is 37.1 Å². The van der Waals surface area contributed by atoms with Crippen LogP contribution in [0.5, 0.6) is 11.5 Å². The van der Waals surface area contributed by atoms with Gasteiger partial charge in [0.25, 0.3) is 11.8 Å².